The second kappa shape index (κ2) is 12.7. The Morgan fingerprint density at radius 1 is 0.438 bits per heavy atom. The van der Waals surface area contributed by atoms with E-state index in [9.17, 15) is 19.2 Å². The van der Waals surface area contributed by atoms with E-state index < -0.39 is 0 Å². The van der Waals surface area contributed by atoms with Crippen molar-refractivity contribution in [2.45, 2.75) is 52.6 Å². The zero-order valence-electron chi connectivity index (χ0n) is 26.9. The smallest absolute Gasteiger partial charge is 0.261 e. The van der Waals surface area contributed by atoms with Gasteiger partial charge in [0.15, 0.2) is 0 Å². The molecule has 234 valence electrons. The second-order valence-electron chi connectivity index (χ2n) is 12.1. The maximum absolute atomic E-state index is 13.6. The molecule has 0 aliphatic carbocycles. The van der Waals surface area contributed by atoms with Crippen LogP contribution in [-0.2, 0) is 13.1 Å². The zero-order chi connectivity index (χ0) is 33.4. The van der Waals surface area contributed by atoms with E-state index in [1.165, 1.54) is 9.13 Å². The summed E-state index contributed by atoms with van der Waals surface area (Å²) in [5, 5.41) is 3.91. The van der Waals surface area contributed by atoms with Crippen molar-refractivity contribution in [1.82, 2.24) is 9.13 Å². The number of unbranched alkanes of at least 4 members (excludes halogenated alkanes) is 2. The standard InChI is InChI=1S/C42H32N2O4/c1-3-5-21-43-39(45)35-23-31-29(19-17-27-13-9-7-10-14-27)33-25-37-38(42(48)44(41(37)47)22-6-4-2)26-34(33)30(32(31)24-36(35)40(43)46)20-18-28-15-11-8-12-16-28/h7-16,23-26H,3-6,21-22H2,1-2H3. The summed E-state index contributed by atoms with van der Waals surface area (Å²) in [6, 6.07) is 26.1. The van der Waals surface area contributed by atoms with E-state index in [4.69, 9.17) is 0 Å². The molecule has 0 saturated carbocycles. The van der Waals surface area contributed by atoms with Crippen molar-refractivity contribution >= 4 is 43.1 Å². The van der Waals surface area contributed by atoms with Gasteiger partial charge in [0.1, 0.15) is 0 Å². The molecule has 0 radical (unpaired) electrons. The predicted molar refractivity (Wildman–Crippen MR) is 195 cm³/mol. The normalized spacial score (nSPS) is 11.2. The van der Waals surface area contributed by atoms with Gasteiger partial charge in [0.25, 0.3) is 22.2 Å². The molecule has 6 nitrogen and oxygen atoms in total. The van der Waals surface area contributed by atoms with Crippen LogP contribution in [0.3, 0.4) is 0 Å². The molecule has 5 aromatic carbocycles. The van der Waals surface area contributed by atoms with Crippen LogP contribution in [0, 0.1) is 23.7 Å². The van der Waals surface area contributed by atoms with Crippen molar-refractivity contribution in [1.29, 1.82) is 0 Å². The van der Waals surface area contributed by atoms with Gasteiger partial charge < -0.3 is 0 Å². The molecule has 0 atom stereocenters. The molecule has 0 spiro atoms. The highest BCUT2D eigenvalue weighted by atomic mass is 16.2. The highest BCUT2D eigenvalue weighted by Crippen LogP contribution is 2.36. The number of aromatic nitrogens is 2. The Labute approximate surface area is 276 Å². The molecule has 7 rings (SSSR count). The maximum Gasteiger partial charge on any atom is 0.261 e. The predicted octanol–water partition coefficient (Wildman–Crippen LogP) is 6.62. The highest BCUT2D eigenvalue weighted by Gasteiger charge is 2.21. The van der Waals surface area contributed by atoms with Gasteiger partial charge in [-0.05, 0) is 61.4 Å². The lowest BCUT2D eigenvalue weighted by atomic mass is 9.89. The van der Waals surface area contributed by atoms with Crippen molar-refractivity contribution in [3.63, 3.8) is 0 Å². The van der Waals surface area contributed by atoms with E-state index in [0.717, 1.165) is 24.0 Å². The molecule has 0 fully saturated rings. The van der Waals surface area contributed by atoms with Gasteiger partial charge in [-0.25, -0.2) is 0 Å². The van der Waals surface area contributed by atoms with Crippen molar-refractivity contribution in [3.05, 3.63) is 149 Å². The molecule has 0 bridgehead atoms. The van der Waals surface area contributed by atoms with E-state index in [1.54, 1.807) is 24.3 Å². The lowest BCUT2D eigenvalue weighted by molar-refractivity contribution is 0.609. The van der Waals surface area contributed by atoms with Gasteiger partial charge in [-0.2, -0.15) is 0 Å². The quantitative estimate of drug-likeness (QED) is 0.153. The van der Waals surface area contributed by atoms with Gasteiger partial charge in [0.2, 0.25) is 0 Å². The first-order chi connectivity index (χ1) is 23.4. The van der Waals surface area contributed by atoms with E-state index >= 15 is 0 Å². The minimum absolute atomic E-state index is 0.325. The minimum atomic E-state index is -0.328. The number of hydrogen-bond acceptors (Lipinski definition) is 4. The summed E-state index contributed by atoms with van der Waals surface area (Å²) in [6.45, 7) is 4.72. The molecule has 0 amide bonds. The molecule has 0 unspecified atom stereocenters. The van der Waals surface area contributed by atoms with Crippen molar-refractivity contribution in [3.8, 4) is 23.7 Å². The summed E-state index contributed by atoms with van der Waals surface area (Å²) in [5.41, 5.74) is 1.47. The molecule has 2 heterocycles. The Morgan fingerprint density at radius 2 is 0.750 bits per heavy atom. The van der Waals surface area contributed by atoms with Crippen molar-refractivity contribution in [2.24, 2.45) is 0 Å². The average molecular weight is 629 g/mol. The van der Waals surface area contributed by atoms with Gasteiger partial charge >= 0.3 is 0 Å². The molecule has 6 heteroatoms. The van der Waals surface area contributed by atoms with E-state index in [1.807, 2.05) is 74.5 Å². The van der Waals surface area contributed by atoms with Crippen molar-refractivity contribution in [2.75, 3.05) is 0 Å². The first-order valence-electron chi connectivity index (χ1n) is 16.4. The Kier molecular flexibility index (Phi) is 8.09. The summed E-state index contributed by atoms with van der Waals surface area (Å²) < 4.78 is 2.63. The molecule has 7 aromatic rings. The summed E-state index contributed by atoms with van der Waals surface area (Å²) in [4.78, 5) is 54.5. The van der Waals surface area contributed by atoms with Gasteiger partial charge in [-0.1, -0.05) is 86.8 Å². The summed E-state index contributed by atoms with van der Waals surface area (Å²) in [5.74, 6) is 13.2. The molecule has 0 saturated heterocycles. The fourth-order valence-electron chi connectivity index (χ4n) is 6.41. The van der Waals surface area contributed by atoms with E-state index in [2.05, 4.69) is 23.7 Å². The fraction of sp³-hybridized carbons (Fsp3) is 0.190. The Bertz CT molecular complexity index is 2410. The van der Waals surface area contributed by atoms with E-state index in [-0.39, 0.29) is 22.2 Å². The third kappa shape index (κ3) is 5.22. The van der Waals surface area contributed by atoms with Crippen LogP contribution < -0.4 is 22.2 Å². The third-order valence-corrected chi connectivity index (χ3v) is 8.98. The Morgan fingerprint density at radius 3 is 1.04 bits per heavy atom. The number of fused-ring (bicyclic) bond motifs is 4. The monoisotopic (exact) mass is 628 g/mol. The summed E-state index contributed by atoms with van der Waals surface area (Å²) >= 11 is 0. The van der Waals surface area contributed by atoms with Crippen LogP contribution in [0.25, 0.3) is 43.1 Å². The van der Waals surface area contributed by atoms with Crippen LogP contribution in [0.2, 0.25) is 0 Å². The fourth-order valence-corrected chi connectivity index (χ4v) is 6.41. The average Bonchev–Trinajstić information content (AvgIpc) is 3.49. The Balaban J connectivity index is 1.67. The molecule has 0 aliphatic rings. The summed E-state index contributed by atoms with van der Waals surface area (Å²) in [6.07, 6.45) is 3.10. The second-order valence-corrected chi connectivity index (χ2v) is 12.1. The molecule has 0 aliphatic heterocycles. The molecular weight excluding hydrogens is 596 g/mol. The lowest BCUT2D eigenvalue weighted by Gasteiger charge is -2.11. The topological polar surface area (TPSA) is 78.1 Å². The number of rotatable bonds is 6. The van der Waals surface area contributed by atoms with Crippen LogP contribution in [0.5, 0.6) is 0 Å². The van der Waals surface area contributed by atoms with Gasteiger partial charge in [-0.3, -0.25) is 28.3 Å². The molecular formula is C42H32N2O4. The lowest BCUT2D eigenvalue weighted by Crippen LogP contribution is -2.25. The zero-order valence-corrected chi connectivity index (χ0v) is 26.9. The van der Waals surface area contributed by atoms with Crippen LogP contribution in [0.15, 0.2) is 104 Å². The first-order valence-corrected chi connectivity index (χ1v) is 16.4. The third-order valence-electron chi connectivity index (χ3n) is 8.98. The van der Waals surface area contributed by atoms with Gasteiger partial charge in [0, 0.05) is 56.9 Å². The number of benzene rings is 5. The van der Waals surface area contributed by atoms with Crippen LogP contribution in [0.1, 0.15) is 61.8 Å². The maximum atomic E-state index is 13.6. The highest BCUT2D eigenvalue weighted by molar-refractivity contribution is 6.16. The largest absolute Gasteiger partial charge is 0.274 e. The first kappa shape index (κ1) is 30.7. The SMILES string of the molecule is CCCCn1c(=O)c2cc3c(C#Cc4ccccc4)c4cc5c(=O)n(CCCC)c(=O)c5cc4c(C#Cc4ccccc4)c3cc2c1=O. The molecule has 48 heavy (non-hydrogen) atoms. The molecule has 2 aromatic heterocycles. The van der Waals surface area contributed by atoms with Gasteiger partial charge in [-0.15, -0.1) is 0 Å². The summed E-state index contributed by atoms with van der Waals surface area (Å²) in [7, 11) is 0. The van der Waals surface area contributed by atoms with Crippen LogP contribution in [0.4, 0.5) is 0 Å². The Hall–Kier alpha value is -5.98. The van der Waals surface area contributed by atoms with Crippen molar-refractivity contribution < 1.29 is 0 Å². The minimum Gasteiger partial charge on any atom is -0.274 e. The number of hydrogen-bond donors (Lipinski definition) is 0. The number of nitrogens with zero attached hydrogens (tertiary/aromatic N) is 2. The van der Waals surface area contributed by atoms with Crippen LogP contribution >= 0.6 is 0 Å². The van der Waals surface area contributed by atoms with E-state index in [0.29, 0.717) is 80.1 Å². The van der Waals surface area contributed by atoms with Crippen LogP contribution in [-0.4, -0.2) is 9.13 Å². The molecule has 0 N–H and O–H groups in total. The van der Waals surface area contributed by atoms with Gasteiger partial charge in [0.05, 0.1) is 21.5 Å².